The van der Waals surface area contributed by atoms with Crippen LogP contribution >= 0.6 is 0 Å². The van der Waals surface area contributed by atoms with Crippen molar-refractivity contribution >= 4 is 5.82 Å². The Morgan fingerprint density at radius 2 is 2.38 bits per heavy atom. The van der Waals surface area contributed by atoms with Crippen molar-refractivity contribution in [2.45, 2.75) is 19.4 Å². The van der Waals surface area contributed by atoms with Crippen molar-refractivity contribution in [3.63, 3.8) is 0 Å². The van der Waals surface area contributed by atoms with Gasteiger partial charge in [0.25, 0.3) is 0 Å². The number of nitrogens with zero attached hydrogens (tertiary/aromatic N) is 2. The highest BCUT2D eigenvalue weighted by atomic mass is 16.3. The van der Waals surface area contributed by atoms with Crippen LogP contribution in [0.25, 0.3) is 0 Å². The van der Waals surface area contributed by atoms with Gasteiger partial charge < -0.3 is 15.7 Å². The molecule has 1 aromatic rings. The number of rotatable bonds is 3. The summed E-state index contributed by atoms with van der Waals surface area (Å²) < 4.78 is 0. The van der Waals surface area contributed by atoms with Crippen LogP contribution in [0.5, 0.6) is 0 Å². The summed E-state index contributed by atoms with van der Waals surface area (Å²) in [4.78, 5) is 6.74. The molecule has 1 fully saturated rings. The van der Waals surface area contributed by atoms with Gasteiger partial charge in [0.05, 0.1) is 5.69 Å². The zero-order valence-electron chi connectivity index (χ0n) is 9.47. The molecule has 4 nitrogen and oxygen atoms in total. The third-order valence-corrected chi connectivity index (χ3v) is 3.10. The van der Waals surface area contributed by atoms with Crippen molar-refractivity contribution in [3.8, 4) is 0 Å². The van der Waals surface area contributed by atoms with E-state index in [2.05, 4.69) is 9.88 Å². The van der Waals surface area contributed by atoms with Gasteiger partial charge in [0.2, 0.25) is 0 Å². The minimum atomic E-state index is 0.271. The largest absolute Gasteiger partial charge is 0.396 e. The fraction of sp³-hybridized carbons (Fsp3) is 0.583. The number of hydrogen-bond acceptors (Lipinski definition) is 4. The van der Waals surface area contributed by atoms with Gasteiger partial charge in [0.15, 0.2) is 0 Å². The van der Waals surface area contributed by atoms with Crippen molar-refractivity contribution in [1.82, 2.24) is 4.98 Å². The van der Waals surface area contributed by atoms with Crippen molar-refractivity contribution in [2.24, 2.45) is 11.7 Å². The fourth-order valence-corrected chi connectivity index (χ4v) is 2.18. The third kappa shape index (κ3) is 2.51. The highest BCUT2D eigenvalue weighted by molar-refractivity contribution is 5.39. The molecule has 1 aliphatic rings. The average molecular weight is 221 g/mol. The molecule has 0 spiro atoms. The molecular weight excluding hydrogens is 202 g/mol. The molecule has 1 unspecified atom stereocenters. The maximum atomic E-state index is 9.19. The Morgan fingerprint density at radius 3 is 3.12 bits per heavy atom. The van der Waals surface area contributed by atoms with Gasteiger partial charge in [-0.25, -0.2) is 4.98 Å². The quantitative estimate of drug-likeness (QED) is 0.790. The molecule has 2 heterocycles. The first kappa shape index (κ1) is 11.4. The lowest BCUT2D eigenvalue weighted by molar-refractivity contribution is 0.208. The van der Waals surface area contributed by atoms with Crippen LogP contribution in [0.4, 0.5) is 5.82 Å². The second-order valence-electron chi connectivity index (χ2n) is 4.33. The van der Waals surface area contributed by atoms with Gasteiger partial charge in [0, 0.05) is 26.2 Å². The molecule has 0 bridgehead atoms. The molecule has 0 aromatic carbocycles. The lowest BCUT2D eigenvalue weighted by Gasteiger charge is -2.32. The molecule has 1 saturated heterocycles. The van der Waals surface area contributed by atoms with E-state index in [0.29, 0.717) is 12.5 Å². The number of anilines is 1. The summed E-state index contributed by atoms with van der Waals surface area (Å²) in [6.07, 6.45) is 2.24. The Morgan fingerprint density at radius 1 is 1.50 bits per heavy atom. The Kier molecular flexibility index (Phi) is 3.74. The number of aliphatic hydroxyl groups excluding tert-OH is 1. The number of piperidine rings is 1. The van der Waals surface area contributed by atoms with Crippen LogP contribution < -0.4 is 10.6 Å². The summed E-state index contributed by atoms with van der Waals surface area (Å²) in [6.45, 7) is 2.67. The summed E-state index contributed by atoms with van der Waals surface area (Å²) in [6, 6.07) is 5.95. The van der Waals surface area contributed by atoms with Gasteiger partial charge >= 0.3 is 0 Å². The zero-order valence-corrected chi connectivity index (χ0v) is 9.47. The van der Waals surface area contributed by atoms with Crippen LogP contribution in [-0.4, -0.2) is 29.8 Å². The normalized spacial score (nSPS) is 21.1. The van der Waals surface area contributed by atoms with Crippen molar-refractivity contribution in [2.75, 3.05) is 24.6 Å². The number of hydrogen-bond donors (Lipinski definition) is 2. The molecule has 0 aliphatic carbocycles. The Balaban J connectivity index is 2.10. The molecule has 1 aliphatic heterocycles. The summed E-state index contributed by atoms with van der Waals surface area (Å²) in [5, 5.41) is 9.19. The topological polar surface area (TPSA) is 62.4 Å². The van der Waals surface area contributed by atoms with Gasteiger partial charge in [-0.15, -0.1) is 0 Å². The van der Waals surface area contributed by atoms with Crippen molar-refractivity contribution in [1.29, 1.82) is 0 Å². The lowest BCUT2D eigenvalue weighted by atomic mass is 9.99. The first-order valence-electron chi connectivity index (χ1n) is 5.85. The molecule has 4 heteroatoms. The Bertz CT molecular complexity index is 343. The second kappa shape index (κ2) is 5.27. The molecular formula is C12H19N3O. The summed E-state index contributed by atoms with van der Waals surface area (Å²) in [5.41, 5.74) is 6.50. The van der Waals surface area contributed by atoms with Gasteiger partial charge in [-0.3, -0.25) is 0 Å². The second-order valence-corrected chi connectivity index (χ2v) is 4.33. The maximum Gasteiger partial charge on any atom is 0.128 e. The molecule has 0 amide bonds. The van der Waals surface area contributed by atoms with E-state index in [-0.39, 0.29) is 6.61 Å². The average Bonchev–Trinajstić information content (AvgIpc) is 2.39. The SMILES string of the molecule is NCc1cccc(N2CCCC(CO)C2)n1. The summed E-state index contributed by atoms with van der Waals surface area (Å²) in [7, 11) is 0. The Labute approximate surface area is 96.1 Å². The van der Waals surface area contributed by atoms with E-state index in [0.717, 1.165) is 37.4 Å². The van der Waals surface area contributed by atoms with E-state index in [1.54, 1.807) is 0 Å². The highest BCUT2D eigenvalue weighted by Gasteiger charge is 2.20. The van der Waals surface area contributed by atoms with Crippen LogP contribution in [0, 0.1) is 5.92 Å². The molecule has 0 radical (unpaired) electrons. The predicted octanol–water partition coefficient (Wildman–Crippen LogP) is 0.749. The van der Waals surface area contributed by atoms with Crippen LogP contribution in [0.15, 0.2) is 18.2 Å². The van der Waals surface area contributed by atoms with Gasteiger partial charge in [-0.1, -0.05) is 6.07 Å². The van der Waals surface area contributed by atoms with Crippen molar-refractivity contribution in [3.05, 3.63) is 23.9 Å². The minimum absolute atomic E-state index is 0.271. The zero-order chi connectivity index (χ0) is 11.4. The molecule has 1 atom stereocenters. The first-order chi connectivity index (χ1) is 7.83. The molecule has 1 aromatic heterocycles. The van der Waals surface area contributed by atoms with Crippen LogP contribution in [0.2, 0.25) is 0 Å². The fourth-order valence-electron chi connectivity index (χ4n) is 2.18. The first-order valence-corrected chi connectivity index (χ1v) is 5.85. The number of aromatic nitrogens is 1. The van der Waals surface area contributed by atoms with Crippen LogP contribution in [0.3, 0.4) is 0 Å². The predicted molar refractivity (Wildman–Crippen MR) is 64.2 cm³/mol. The van der Waals surface area contributed by atoms with Crippen LogP contribution in [-0.2, 0) is 6.54 Å². The van der Waals surface area contributed by atoms with Gasteiger partial charge in [-0.2, -0.15) is 0 Å². The number of aliphatic hydroxyl groups is 1. The molecule has 3 N–H and O–H groups in total. The van der Waals surface area contributed by atoms with Crippen molar-refractivity contribution < 1.29 is 5.11 Å². The van der Waals surface area contributed by atoms with Gasteiger partial charge in [0.1, 0.15) is 5.82 Å². The molecule has 16 heavy (non-hydrogen) atoms. The monoisotopic (exact) mass is 221 g/mol. The molecule has 0 saturated carbocycles. The van der Waals surface area contributed by atoms with Crippen LogP contribution in [0.1, 0.15) is 18.5 Å². The Hall–Kier alpha value is -1.13. The highest BCUT2D eigenvalue weighted by Crippen LogP contribution is 2.21. The molecule has 2 rings (SSSR count). The number of nitrogens with two attached hydrogens (primary N) is 1. The smallest absolute Gasteiger partial charge is 0.128 e. The van der Waals surface area contributed by atoms with E-state index in [1.165, 1.54) is 0 Å². The molecule has 88 valence electrons. The lowest BCUT2D eigenvalue weighted by Crippen LogP contribution is -2.37. The van der Waals surface area contributed by atoms with E-state index in [1.807, 2.05) is 18.2 Å². The van der Waals surface area contributed by atoms with E-state index in [9.17, 15) is 5.11 Å². The van der Waals surface area contributed by atoms with Gasteiger partial charge in [-0.05, 0) is 30.9 Å². The third-order valence-electron chi connectivity index (χ3n) is 3.10. The minimum Gasteiger partial charge on any atom is -0.396 e. The summed E-state index contributed by atoms with van der Waals surface area (Å²) in [5.74, 6) is 1.37. The summed E-state index contributed by atoms with van der Waals surface area (Å²) >= 11 is 0. The van der Waals surface area contributed by atoms with E-state index in [4.69, 9.17) is 5.73 Å². The van der Waals surface area contributed by atoms with E-state index < -0.39 is 0 Å². The standard InChI is InChI=1S/C12H19N3O/c13-7-11-4-1-5-12(14-11)15-6-2-3-10(8-15)9-16/h1,4-5,10,16H,2-3,6-9,13H2. The van der Waals surface area contributed by atoms with E-state index >= 15 is 0 Å². The number of pyridine rings is 1. The maximum absolute atomic E-state index is 9.19.